The topological polar surface area (TPSA) is 63.6 Å². The highest BCUT2D eigenvalue weighted by Gasteiger charge is 2.51. The molecule has 5 nitrogen and oxygen atoms in total. The lowest BCUT2D eigenvalue weighted by molar-refractivity contribution is -0.140. The number of carboxylic acid groups (broad SMARTS) is 1. The molecule has 0 spiro atoms. The van der Waals surface area contributed by atoms with Crippen molar-refractivity contribution in [2.75, 3.05) is 13.7 Å². The number of rotatable bonds is 6. The molecule has 2 aromatic rings. The predicted molar refractivity (Wildman–Crippen MR) is 110 cm³/mol. The number of carbonyl (C=O) groups is 2. The number of fused-ring (bicyclic) bond motifs is 1. The van der Waals surface area contributed by atoms with Gasteiger partial charge in [0, 0.05) is 24.3 Å². The van der Waals surface area contributed by atoms with E-state index in [9.17, 15) is 32.3 Å². The van der Waals surface area contributed by atoms with Crippen molar-refractivity contribution in [3.05, 3.63) is 70.5 Å². The van der Waals surface area contributed by atoms with Crippen LogP contribution >= 0.6 is 0 Å². The third-order valence-corrected chi connectivity index (χ3v) is 5.69. The van der Waals surface area contributed by atoms with Gasteiger partial charge in [-0.3, -0.25) is 0 Å². The molecule has 1 amide bonds. The van der Waals surface area contributed by atoms with Crippen LogP contribution in [0.25, 0.3) is 5.57 Å². The van der Waals surface area contributed by atoms with Gasteiger partial charge in [-0.25, -0.2) is 18.5 Å². The van der Waals surface area contributed by atoms with Gasteiger partial charge in [0.1, 0.15) is 30.7 Å². The molecule has 1 aliphatic rings. The highest BCUT2D eigenvalue weighted by atomic mass is 19.4. The van der Waals surface area contributed by atoms with Gasteiger partial charge in [-0.15, -0.1) is 0 Å². The fraction of sp³-hybridized carbons (Fsp3) is 0.304. The minimum Gasteiger partial charge on any atom is -0.477 e. The summed E-state index contributed by atoms with van der Waals surface area (Å²) in [6.45, 7) is 2.62. The Morgan fingerprint density at radius 3 is 2.44 bits per heavy atom. The van der Waals surface area contributed by atoms with E-state index in [2.05, 4.69) is 0 Å². The molecule has 1 heterocycles. The van der Waals surface area contributed by atoms with E-state index in [1.165, 1.54) is 44.4 Å². The fourth-order valence-electron chi connectivity index (χ4n) is 4.11. The van der Waals surface area contributed by atoms with Crippen LogP contribution in [0, 0.1) is 5.82 Å². The summed E-state index contributed by atoms with van der Waals surface area (Å²) >= 11 is 0. The summed E-state index contributed by atoms with van der Waals surface area (Å²) in [6.07, 6.45) is -5.30. The smallest absolute Gasteiger partial charge is 0.416 e. The lowest BCUT2D eigenvalue weighted by Crippen LogP contribution is -2.60. The van der Waals surface area contributed by atoms with Gasteiger partial charge < -0.3 is 9.84 Å². The number of amides is 1. The van der Waals surface area contributed by atoms with E-state index >= 15 is 0 Å². The Balaban J connectivity index is 2.37. The van der Waals surface area contributed by atoms with Crippen molar-refractivity contribution >= 4 is 23.1 Å². The maximum Gasteiger partial charge on any atom is 0.416 e. The molecule has 2 atom stereocenters. The van der Waals surface area contributed by atoms with Crippen LogP contribution in [-0.2, 0) is 27.0 Å². The fourth-order valence-corrected chi connectivity index (χ4v) is 4.11. The molecule has 0 saturated carbocycles. The minimum atomic E-state index is -4.68. The number of quaternary nitrogens is 1. The van der Waals surface area contributed by atoms with Crippen LogP contribution in [0.1, 0.15) is 30.5 Å². The Kier molecular flexibility index (Phi) is 6.26. The molecule has 1 aliphatic heterocycles. The Labute approximate surface area is 182 Å². The zero-order chi connectivity index (χ0) is 23.8. The molecule has 2 unspecified atom stereocenters. The van der Waals surface area contributed by atoms with Crippen molar-refractivity contribution in [2.24, 2.45) is 0 Å². The molecular weight excluding hydrogens is 430 g/mol. The molecule has 0 aromatic heterocycles. The third kappa shape index (κ3) is 4.18. The normalized spacial score (nSPS) is 19.7. The molecule has 2 aromatic carbocycles. The molecule has 3 rings (SSSR count). The molecule has 9 heteroatoms. The molecule has 170 valence electrons. The maximum atomic E-state index is 13.9. The molecule has 32 heavy (non-hydrogen) atoms. The van der Waals surface area contributed by atoms with Gasteiger partial charge in [0.2, 0.25) is 0 Å². The van der Waals surface area contributed by atoms with Crippen molar-refractivity contribution in [3.8, 4) is 0 Å². The van der Waals surface area contributed by atoms with Crippen molar-refractivity contribution in [2.45, 2.75) is 32.7 Å². The van der Waals surface area contributed by atoms with Crippen LogP contribution in [-0.4, -0.2) is 36.7 Å². The van der Waals surface area contributed by atoms with Gasteiger partial charge in [0.25, 0.3) is 0 Å². The first-order valence-electron chi connectivity index (χ1n) is 9.76. The number of ether oxygens (including phenoxy) is 1. The number of carboxylic acids is 1. The van der Waals surface area contributed by atoms with Gasteiger partial charge in [-0.05, 0) is 43.7 Å². The van der Waals surface area contributed by atoms with Crippen LogP contribution in [0.2, 0.25) is 0 Å². The first-order valence-corrected chi connectivity index (χ1v) is 9.76. The number of nitrogens with zero attached hydrogens (tertiary/aromatic N) is 1. The lowest BCUT2D eigenvalue weighted by atomic mass is 9.89. The maximum absolute atomic E-state index is 13.9. The minimum absolute atomic E-state index is 0.000450. The molecule has 0 fully saturated rings. The summed E-state index contributed by atoms with van der Waals surface area (Å²) in [4.78, 5) is 25.7. The summed E-state index contributed by atoms with van der Waals surface area (Å²) in [5.74, 6) is -2.95. The van der Waals surface area contributed by atoms with E-state index in [-0.39, 0.29) is 29.9 Å². The number of hydrogen-bond acceptors (Lipinski definition) is 3. The first kappa shape index (κ1) is 23.6. The summed E-state index contributed by atoms with van der Waals surface area (Å²) in [6, 6.07) is 8.23. The van der Waals surface area contributed by atoms with Crippen molar-refractivity contribution < 1.29 is 37.0 Å². The Morgan fingerprint density at radius 2 is 1.88 bits per heavy atom. The van der Waals surface area contributed by atoms with Crippen molar-refractivity contribution in [3.63, 3.8) is 0 Å². The summed E-state index contributed by atoms with van der Waals surface area (Å²) < 4.78 is 59.0. The standard InChI is InChI=1S/C23H21F4NO4/c1-13(32-3)11-28(12-15-5-4-6-17(24)9-15)19-10-16(23(25,26)27)7-8-18(19)14(2)20(21(28)29)22(30)31/h4-10,13H,11-12H2,1-3H3/p+1. The van der Waals surface area contributed by atoms with Crippen LogP contribution in [0.5, 0.6) is 0 Å². The van der Waals surface area contributed by atoms with E-state index < -0.39 is 45.6 Å². The first-order chi connectivity index (χ1) is 14.9. The van der Waals surface area contributed by atoms with E-state index in [0.717, 1.165) is 12.1 Å². The van der Waals surface area contributed by atoms with Crippen LogP contribution in [0.3, 0.4) is 0 Å². The van der Waals surface area contributed by atoms with E-state index in [1.54, 1.807) is 6.92 Å². The van der Waals surface area contributed by atoms with Gasteiger partial charge in [0.05, 0.1) is 5.56 Å². The van der Waals surface area contributed by atoms with E-state index in [0.29, 0.717) is 5.56 Å². The van der Waals surface area contributed by atoms with Gasteiger partial charge in [-0.2, -0.15) is 13.2 Å². The quantitative estimate of drug-likeness (QED) is 0.389. The van der Waals surface area contributed by atoms with E-state index in [1.807, 2.05) is 0 Å². The number of benzene rings is 2. The Bertz CT molecular complexity index is 1110. The average molecular weight is 452 g/mol. The monoisotopic (exact) mass is 452 g/mol. The number of allylic oxidation sites excluding steroid dienone is 1. The second-order valence-corrected chi connectivity index (χ2v) is 7.82. The second-order valence-electron chi connectivity index (χ2n) is 7.82. The molecular formula is C23H22F4NO4+. The predicted octanol–water partition coefficient (Wildman–Crippen LogP) is 4.79. The summed E-state index contributed by atoms with van der Waals surface area (Å²) in [7, 11) is 1.38. The molecule has 0 bridgehead atoms. The lowest BCUT2D eigenvalue weighted by Gasteiger charge is -2.41. The second kappa shape index (κ2) is 8.48. The number of aliphatic carboxylic acids is 1. The molecule has 1 N–H and O–H groups in total. The number of carbonyl (C=O) groups excluding carboxylic acids is 1. The number of halogens is 4. The summed E-state index contributed by atoms with van der Waals surface area (Å²) in [5.41, 5.74) is -0.867. The van der Waals surface area contributed by atoms with Crippen molar-refractivity contribution in [1.82, 2.24) is 4.48 Å². The number of methoxy groups -OCH3 is 1. The zero-order valence-corrected chi connectivity index (χ0v) is 17.7. The molecule has 0 aliphatic carbocycles. The van der Waals surface area contributed by atoms with Crippen LogP contribution < -0.4 is 4.48 Å². The van der Waals surface area contributed by atoms with E-state index in [4.69, 9.17) is 4.74 Å². The molecule has 0 radical (unpaired) electrons. The number of alkyl halides is 3. The highest BCUT2D eigenvalue weighted by Crippen LogP contribution is 2.45. The highest BCUT2D eigenvalue weighted by molar-refractivity contribution is 6.26. The van der Waals surface area contributed by atoms with Gasteiger partial charge in [-0.1, -0.05) is 12.1 Å². The SMILES string of the molecule is COC(C)C[N+]1(Cc2cccc(F)c2)C(=O)C(C(=O)O)=C(C)c2ccc(C(F)(F)F)cc21. The van der Waals surface area contributed by atoms with Crippen LogP contribution in [0.4, 0.5) is 23.2 Å². The third-order valence-electron chi connectivity index (χ3n) is 5.69. The van der Waals surface area contributed by atoms with Crippen molar-refractivity contribution in [1.29, 1.82) is 0 Å². The van der Waals surface area contributed by atoms with Gasteiger partial charge in [0.15, 0.2) is 5.57 Å². The van der Waals surface area contributed by atoms with Crippen LogP contribution in [0.15, 0.2) is 48.0 Å². The average Bonchev–Trinajstić information content (AvgIpc) is 2.71. The largest absolute Gasteiger partial charge is 0.477 e. The number of hydrogen-bond donors (Lipinski definition) is 1. The zero-order valence-electron chi connectivity index (χ0n) is 17.7. The Hall–Kier alpha value is -3.04. The Morgan fingerprint density at radius 1 is 1.19 bits per heavy atom. The van der Waals surface area contributed by atoms with Gasteiger partial charge >= 0.3 is 18.1 Å². The summed E-state index contributed by atoms with van der Waals surface area (Å²) in [5, 5.41) is 9.76. The molecule has 0 saturated heterocycles.